The fourth-order valence-corrected chi connectivity index (χ4v) is 1.60. The van der Waals surface area contributed by atoms with E-state index < -0.39 is 22.2 Å². The van der Waals surface area contributed by atoms with Crippen LogP contribution in [-0.2, 0) is 0 Å². The number of nitrogens with zero attached hydrogens (tertiary/aromatic N) is 2. The molecule has 1 aromatic carbocycles. The topological polar surface area (TPSA) is 56.0 Å². The highest BCUT2D eigenvalue weighted by atomic mass is 35.5. The molecule has 92 valence electrons. The average molecular weight is 271 g/mol. The predicted octanol–water partition coefficient (Wildman–Crippen LogP) is 3.59. The third kappa shape index (κ3) is 2.28. The highest BCUT2D eigenvalue weighted by molar-refractivity contribution is 6.29. The number of nitro groups is 1. The molecule has 0 radical (unpaired) electrons. The Morgan fingerprint density at radius 1 is 1.22 bits per heavy atom. The second-order valence-electron chi connectivity index (χ2n) is 3.38. The summed E-state index contributed by atoms with van der Waals surface area (Å²) in [6.45, 7) is 0. The highest BCUT2D eigenvalue weighted by Crippen LogP contribution is 2.31. The van der Waals surface area contributed by atoms with E-state index in [1.807, 2.05) is 0 Å². The lowest BCUT2D eigenvalue weighted by Gasteiger charge is -2.04. The number of hydrogen-bond donors (Lipinski definition) is 0. The lowest BCUT2D eigenvalue weighted by molar-refractivity contribution is -0.384. The van der Waals surface area contributed by atoms with Crippen LogP contribution in [0.4, 0.5) is 14.5 Å². The Bertz CT molecular complexity index is 634. The van der Waals surface area contributed by atoms with E-state index >= 15 is 0 Å². The first-order valence-corrected chi connectivity index (χ1v) is 5.13. The van der Waals surface area contributed by atoms with Gasteiger partial charge in [0.1, 0.15) is 16.8 Å². The summed E-state index contributed by atoms with van der Waals surface area (Å²) in [6, 6.07) is 5.04. The van der Waals surface area contributed by atoms with Gasteiger partial charge < -0.3 is 0 Å². The van der Waals surface area contributed by atoms with Gasteiger partial charge in [-0.25, -0.2) is 13.8 Å². The Labute approximate surface area is 105 Å². The highest BCUT2D eigenvalue weighted by Gasteiger charge is 2.20. The molecule has 1 aromatic heterocycles. The molecule has 4 nitrogen and oxygen atoms in total. The van der Waals surface area contributed by atoms with Crippen molar-refractivity contribution >= 4 is 17.3 Å². The molecule has 1 heterocycles. The van der Waals surface area contributed by atoms with Gasteiger partial charge in [0.15, 0.2) is 5.69 Å². The maximum Gasteiger partial charge on any atom is 0.295 e. The molecule has 0 N–H and O–H groups in total. The zero-order valence-electron chi connectivity index (χ0n) is 8.73. The molecule has 0 unspecified atom stereocenters. The SMILES string of the molecule is O=[N+]([O-])c1ccc(Cl)nc1-c1ccc(F)cc1F. The first-order chi connectivity index (χ1) is 8.49. The van der Waals surface area contributed by atoms with E-state index in [2.05, 4.69) is 4.98 Å². The molecule has 0 aliphatic heterocycles. The van der Waals surface area contributed by atoms with Gasteiger partial charge in [-0.2, -0.15) is 0 Å². The molecular formula is C11H5ClF2N2O2. The minimum Gasteiger partial charge on any atom is -0.258 e. The smallest absolute Gasteiger partial charge is 0.258 e. The van der Waals surface area contributed by atoms with Crippen LogP contribution < -0.4 is 0 Å². The van der Waals surface area contributed by atoms with Crippen LogP contribution in [0.25, 0.3) is 11.3 Å². The van der Waals surface area contributed by atoms with Gasteiger partial charge in [0.25, 0.3) is 5.69 Å². The van der Waals surface area contributed by atoms with Gasteiger partial charge in [0.05, 0.1) is 4.92 Å². The quantitative estimate of drug-likeness (QED) is 0.476. The van der Waals surface area contributed by atoms with Crippen LogP contribution in [-0.4, -0.2) is 9.91 Å². The Morgan fingerprint density at radius 3 is 2.56 bits per heavy atom. The van der Waals surface area contributed by atoms with Crippen molar-refractivity contribution in [3.63, 3.8) is 0 Å². The molecular weight excluding hydrogens is 266 g/mol. The zero-order chi connectivity index (χ0) is 13.3. The van der Waals surface area contributed by atoms with Crippen molar-refractivity contribution in [2.45, 2.75) is 0 Å². The molecule has 2 rings (SSSR count). The van der Waals surface area contributed by atoms with E-state index in [0.29, 0.717) is 6.07 Å². The van der Waals surface area contributed by atoms with Crippen LogP contribution >= 0.6 is 11.6 Å². The van der Waals surface area contributed by atoms with E-state index in [9.17, 15) is 18.9 Å². The molecule has 0 aliphatic carbocycles. The fourth-order valence-electron chi connectivity index (χ4n) is 1.46. The third-order valence-electron chi connectivity index (χ3n) is 2.22. The van der Waals surface area contributed by atoms with Crippen molar-refractivity contribution in [1.29, 1.82) is 0 Å². The molecule has 0 saturated heterocycles. The fraction of sp³-hybridized carbons (Fsp3) is 0. The summed E-state index contributed by atoms with van der Waals surface area (Å²) < 4.78 is 26.3. The molecule has 0 spiro atoms. The normalized spacial score (nSPS) is 10.4. The second-order valence-corrected chi connectivity index (χ2v) is 3.77. The van der Waals surface area contributed by atoms with Crippen molar-refractivity contribution < 1.29 is 13.7 Å². The van der Waals surface area contributed by atoms with Crippen LogP contribution in [0.2, 0.25) is 5.15 Å². The van der Waals surface area contributed by atoms with Gasteiger partial charge in [0, 0.05) is 17.7 Å². The second kappa shape index (κ2) is 4.66. The van der Waals surface area contributed by atoms with Crippen molar-refractivity contribution in [2.24, 2.45) is 0 Å². The van der Waals surface area contributed by atoms with Gasteiger partial charge in [-0.05, 0) is 18.2 Å². The maximum atomic E-state index is 13.6. The molecule has 0 atom stereocenters. The Kier molecular flexibility index (Phi) is 3.20. The minimum absolute atomic E-state index is 0.0145. The minimum atomic E-state index is -0.937. The largest absolute Gasteiger partial charge is 0.295 e. The summed E-state index contributed by atoms with van der Waals surface area (Å²) in [6.07, 6.45) is 0. The van der Waals surface area contributed by atoms with Crippen LogP contribution in [0.5, 0.6) is 0 Å². The molecule has 0 bridgehead atoms. The predicted molar refractivity (Wildman–Crippen MR) is 61.3 cm³/mol. The summed E-state index contributed by atoms with van der Waals surface area (Å²) in [5.74, 6) is -1.71. The first kappa shape index (κ1) is 12.4. The van der Waals surface area contributed by atoms with Gasteiger partial charge in [-0.3, -0.25) is 10.1 Å². The van der Waals surface area contributed by atoms with Crippen molar-refractivity contribution in [1.82, 2.24) is 4.98 Å². The molecule has 0 aliphatic rings. The summed E-state index contributed by atoms with van der Waals surface area (Å²) in [7, 11) is 0. The molecule has 7 heteroatoms. The van der Waals surface area contributed by atoms with Gasteiger partial charge in [-0.15, -0.1) is 0 Å². The summed E-state index contributed by atoms with van der Waals surface area (Å²) in [5, 5.41) is 10.8. The summed E-state index contributed by atoms with van der Waals surface area (Å²) >= 11 is 5.62. The zero-order valence-corrected chi connectivity index (χ0v) is 9.49. The van der Waals surface area contributed by atoms with Crippen LogP contribution in [0.15, 0.2) is 30.3 Å². The molecule has 2 aromatic rings. The van der Waals surface area contributed by atoms with E-state index in [1.165, 1.54) is 6.07 Å². The van der Waals surface area contributed by atoms with Crippen LogP contribution in [0, 0.1) is 21.7 Å². The summed E-state index contributed by atoms with van der Waals surface area (Å²) in [5.41, 5.74) is -0.805. The standard InChI is InChI=1S/C11H5ClF2N2O2/c12-10-4-3-9(16(17)18)11(15-10)7-2-1-6(13)5-8(7)14/h1-5H. The molecule has 0 saturated carbocycles. The number of benzene rings is 1. The third-order valence-corrected chi connectivity index (χ3v) is 2.43. The Balaban J connectivity index is 2.69. The number of halogens is 3. The lowest BCUT2D eigenvalue weighted by atomic mass is 10.1. The van der Waals surface area contributed by atoms with Crippen molar-refractivity contribution in [2.75, 3.05) is 0 Å². The van der Waals surface area contributed by atoms with Gasteiger partial charge >= 0.3 is 0 Å². The Hall–Kier alpha value is -2.08. The molecule has 0 amide bonds. The number of hydrogen-bond acceptors (Lipinski definition) is 3. The summed E-state index contributed by atoms with van der Waals surface area (Å²) in [4.78, 5) is 13.8. The average Bonchev–Trinajstić information content (AvgIpc) is 2.28. The number of rotatable bonds is 2. The van der Waals surface area contributed by atoms with Gasteiger partial charge in [0.2, 0.25) is 0 Å². The molecule has 18 heavy (non-hydrogen) atoms. The Morgan fingerprint density at radius 2 is 1.94 bits per heavy atom. The maximum absolute atomic E-state index is 13.6. The first-order valence-electron chi connectivity index (χ1n) is 4.75. The molecule has 0 fully saturated rings. The van der Waals surface area contributed by atoms with E-state index in [0.717, 1.165) is 18.2 Å². The van der Waals surface area contributed by atoms with Crippen LogP contribution in [0.1, 0.15) is 0 Å². The number of aromatic nitrogens is 1. The lowest BCUT2D eigenvalue weighted by Crippen LogP contribution is -1.97. The van der Waals surface area contributed by atoms with Crippen molar-refractivity contribution in [3.05, 3.63) is 57.2 Å². The van der Waals surface area contributed by atoms with E-state index in [1.54, 1.807) is 0 Å². The van der Waals surface area contributed by atoms with Gasteiger partial charge in [-0.1, -0.05) is 11.6 Å². The van der Waals surface area contributed by atoms with E-state index in [4.69, 9.17) is 11.6 Å². The van der Waals surface area contributed by atoms with Crippen LogP contribution in [0.3, 0.4) is 0 Å². The number of pyridine rings is 1. The van der Waals surface area contributed by atoms with E-state index in [-0.39, 0.29) is 16.4 Å². The monoisotopic (exact) mass is 270 g/mol. The van der Waals surface area contributed by atoms with Crippen molar-refractivity contribution in [3.8, 4) is 11.3 Å².